The molecular formula is C20H29NO3. The largest absolute Gasteiger partial charge is 0.481 e. The van der Waals surface area contributed by atoms with Crippen molar-refractivity contribution in [3.8, 4) is 0 Å². The standard InChI is InChI=1S/C20H29NO3/c1-15(2)20(19(23)24)12-13-21(14-20)18(22)7-5-4-6-17-10-8-16(3)9-11-17/h8-11,15H,4-7,12-14H2,1-3H3,(H,23,24). The molecule has 1 atom stereocenters. The first-order chi connectivity index (χ1) is 11.3. The number of carbonyl (C=O) groups excluding carboxylic acids is 1. The highest BCUT2D eigenvalue weighted by Crippen LogP contribution is 2.38. The van der Waals surface area contributed by atoms with Crippen molar-refractivity contribution in [3.63, 3.8) is 0 Å². The average Bonchev–Trinajstić information content (AvgIpc) is 3.00. The summed E-state index contributed by atoms with van der Waals surface area (Å²) in [5.74, 6) is -0.635. The molecule has 1 fully saturated rings. The molecule has 1 amide bonds. The van der Waals surface area contributed by atoms with Crippen LogP contribution in [0.1, 0.15) is 50.7 Å². The summed E-state index contributed by atoms with van der Waals surface area (Å²) in [6, 6.07) is 8.51. The highest BCUT2D eigenvalue weighted by molar-refractivity contribution is 5.80. The Balaban J connectivity index is 1.77. The van der Waals surface area contributed by atoms with Crippen LogP contribution < -0.4 is 0 Å². The number of aliphatic carboxylic acids is 1. The minimum Gasteiger partial charge on any atom is -0.481 e. The molecule has 1 aromatic carbocycles. The van der Waals surface area contributed by atoms with Crippen LogP contribution in [0.2, 0.25) is 0 Å². The van der Waals surface area contributed by atoms with Crippen molar-refractivity contribution in [1.29, 1.82) is 0 Å². The van der Waals surface area contributed by atoms with Crippen molar-refractivity contribution in [3.05, 3.63) is 35.4 Å². The predicted molar refractivity (Wildman–Crippen MR) is 94.8 cm³/mol. The van der Waals surface area contributed by atoms with Crippen LogP contribution in [0.3, 0.4) is 0 Å². The molecule has 1 aromatic rings. The number of amides is 1. The molecule has 1 N–H and O–H groups in total. The normalized spacial score (nSPS) is 20.6. The Hall–Kier alpha value is -1.84. The summed E-state index contributed by atoms with van der Waals surface area (Å²) in [5, 5.41) is 9.56. The van der Waals surface area contributed by atoms with Crippen molar-refractivity contribution >= 4 is 11.9 Å². The van der Waals surface area contributed by atoms with E-state index in [4.69, 9.17) is 0 Å². The Kier molecular flexibility index (Phi) is 6.03. The summed E-state index contributed by atoms with van der Waals surface area (Å²) in [4.78, 5) is 25.8. The quantitative estimate of drug-likeness (QED) is 0.776. The molecule has 4 nitrogen and oxygen atoms in total. The van der Waals surface area contributed by atoms with Crippen molar-refractivity contribution in [2.75, 3.05) is 13.1 Å². The van der Waals surface area contributed by atoms with Crippen LogP contribution in [-0.4, -0.2) is 35.0 Å². The van der Waals surface area contributed by atoms with Gasteiger partial charge in [-0.1, -0.05) is 43.7 Å². The molecule has 1 unspecified atom stereocenters. The van der Waals surface area contributed by atoms with Crippen LogP contribution in [0.25, 0.3) is 0 Å². The fourth-order valence-electron chi connectivity index (χ4n) is 3.46. The number of benzene rings is 1. The highest BCUT2D eigenvalue weighted by Gasteiger charge is 2.48. The smallest absolute Gasteiger partial charge is 0.311 e. The van der Waals surface area contributed by atoms with Gasteiger partial charge in [-0.3, -0.25) is 9.59 Å². The lowest BCUT2D eigenvalue weighted by Gasteiger charge is -2.28. The van der Waals surface area contributed by atoms with E-state index in [1.54, 1.807) is 4.90 Å². The molecule has 1 aliphatic heterocycles. The second kappa shape index (κ2) is 7.82. The van der Waals surface area contributed by atoms with E-state index in [2.05, 4.69) is 31.2 Å². The maximum Gasteiger partial charge on any atom is 0.311 e. The second-order valence-corrected chi connectivity index (χ2v) is 7.37. The number of rotatable bonds is 7. The number of unbranched alkanes of at least 4 members (excludes halogenated alkanes) is 1. The number of aryl methyl sites for hydroxylation is 2. The Bertz CT molecular complexity index is 579. The first-order valence-corrected chi connectivity index (χ1v) is 8.92. The first kappa shape index (κ1) is 18.5. The summed E-state index contributed by atoms with van der Waals surface area (Å²) in [6.07, 6.45) is 3.90. The maximum absolute atomic E-state index is 12.4. The summed E-state index contributed by atoms with van der Waals surface area (Å²) >= 11 is 0. The molecule has 132 valence electrons. The molecule has 0 bridgehead atoms. The number of nitrogens with zero attached hydrogens (tertiary/aromatic N) is 1. The number of hydrogen-bond donors (Lipinski definition) is 1. The number of hydrogen-bond acceptors (Lipinski definition) is 2. The minimum atomic E-state index is -0.771. The summed E-state index contributed by atoms with van der Waals surface area (Å²) in [5.41, 5.74) is 1.80. The van der Waals surface area contributed by atoms with Gasteiger partial charge in [0.05, 0.1) is 5.41 Å². The molecule has 0 saturated carbocycles. The molecule has 0 aliphatic carbocycles. The van der Waals surface area contributed by atoms with Crippen molar-refractivity contribution < 1.29 is 14.7 Å². The zero-order valence-corrected chi connectivity index (χ0v) is 15.0. The number of carboxylic acids is 1. The number of likely N-dealkylation sites (tertiary alicyclic amines) is 1. The molecular weight excluding hydrogens is 302 g/mol. The monoisotopic (exact) mass is 331 g/mol. The van der Waals surface area contributed by atoms with Gasteiger partial charge in [0.15, 0.2) is 0 Å². The summed E-state index contributed by atoms with van der Waals surface area (Å²) in [7, 11) is 0. The van der Waals surface area contributed by atoms with E-state index in [0.29, 0.717) is 25.9 Å². The lowest BCUT2D eigenvalue weighted by molar-refractivity contribution is -0.151. The molecule has 1 heterocycles. The lowest BCUT2D eigenvalue weighted by atomic mass is 9.76. The molecule has 1 aliphatic rings. The summed E-state index contributed by atoms with van der Waals surface area (Å²) < 4.78 is 0. The van der Waals surface area contributed by atoms with Gasteiger partial charge in [0.25, 0.3) is 0 Å². The van der Waals surface area contributed by atoms with Crippen molar-refractivity contribution in [2.24, 2.45) is 11.3 Å². The Morgan fingerprint density at radius 3 is 2.42 bits per heavy atom. The van der Waals surface area contributed by atoms with E-state index < -0.39 is 11.4 Å². The van der Waals surface area contributed by atoms with Gasteiger partial charge in [0.1, 0.15) is 0 Å². The zero-order valence-electron chi connectivity index (χ0n) is 15.0. The van der Waals surface area contributed by atoms with Crippen LogP contribution in [0.15, 0.2) is 24.3 Å². The van der Waals surface area contributed by atoms with Crippen LogP contribution in [0, 0.1) is 18.3 Å². The van der Waals surface area contributed by atoms with Gasteiger partial charge in [0, 0.05) is 19.5 Å². The third-order valence-corrected chi connectivity index (χ3v) is 5.41. The van der Waals surface area contributed by atoms with Crippen molar-refractivity contribution in [2.45, 2.75) is 52.9 Å². The van der Waals surface area contributed by atoms with Gasteiger partial charge in [-0.05, 0) is 44.1 Å². The Labute approximate surface area is 144 Å². The fourth-order valence-corrected chi connectivity index (χ4v) is 3.46. The Morgan fingerprint density at radius 1 is 1.21 bits per heavy atom. The molecule has 0 aromatic heterocycles. The third kappa shape index (κ3) is 4.16. The van der Waals surface area contributed by atoms with E-state index in [1.807, 2.05) is 13.8 Å². The van der Waals surface area contributed by atoms with Crippen LogP contribution in [0.5, 0.6) is 0 Å². The molecule has 4 heteroatoms. The zero-order chi connectivity index (χ0) is 17.7. The fraction of sp³-hybridized carbons (Fsp3) is 0.600. The molecule has 0 radical (unpaired) electrons. The van der Waals surface area contributed by atoms with E-state index in [1.165, 1.54) is 11.1 Å². The van der Waals surface area contributed by atoms with E-state index in [0.717, 1.165) is 19.3 Å². The maximum atomic E-state index is 12.4. The van der Waals surface area contributed by atoms with Gasteiger partial charge >= 0.3 is 5.97 Å². The average molecular weight is 331 g/mol. The molecule has 0 spiro atoms. The summed E-state index contributed by atoms with van der Waals surface area (Å²) in [6.45, 7) is 6.87. The topological polar surface area (TPSA) is 57.6 Å². The molecule has 24 heavy (non-hydrogen) atoms. The van der Waals surface area contributed by atoms with E-state index in [-0.39, 0.29) is 11.8 Å². The Morgan fingerprint density at radius 2 is 1.88 bits per heavy atom. The van der Waals surface area contributed by atoms with Gasteiger partial charge < -0.3 is 10.0 Å². The third-order valence-electron chi connectivity index (χ3n) is 5.41. The van der Waals surface area contributed by atoms with Gasteiger partial charge in [-0.25, -0.2) is 0 Å². The SMILES string of the molecule is Cc1ccc(CCCCC(=O)N2CCC(C(=O)O)(C(C)C)C2)cc1. The van der Waals surface area contributed by atoms with Crippen LogP contribution >= 0.6 is 0 Å². The number of carboxylic acid groups (broad SMARTS) is 1. The van der Waals surface area contributed by atoms with Gasteiger partial charge in [0.2, 0.25) is 5.91 Å². The predicted octanol–water partition coefficient (Wildman–Crippen LogP) is 3.67. The van der Waals surface area contributed by atoms with Crippen LogP contribution in [-0.2, 0) is 16.0 Å². The highest BCUT2D eigenvalue weighted by atomic mass is 16.4. The first-order valence-electron chi connectivity index (χ1n) is 8.92. The second-order valence-electron chi connectivity index (χ2n) is 7.37. The van der Waals surface area contributed by atoms with Gasteiger partial charge in [-0.15, -0.1) is 0 Å². The molecule has 2 rings (SSSR count). The van der Waals surface area contributed by atoms with Crippen LogP contribution in [0.4, 0.5) is 0 Å². The molecule has 1 saturated heterocycles. The van der Waals surface area contributed by atoms with E-state index >= 15 is 0 Å². The van der Waals surface area contributed by atoms with E-state index in [9.17, 15) is 14.7 Å². The lowest BCUT2D eigenvalue weighted by Crippen LogP contribution is -2.40. The van der Waals surface area contributed by atoms with Crippen molar-refractivity contribution in [1.82, 2.24) is 4.90 Å². The van der Waals surface area contributed by atoms with Gasteiger partial charge in [-0.2, -0.15) is 0 Å². The minimum absolute atomic E-state index is 0.0364. The number of carbonyl (C=O) groups is 2.